The highest BCUT2D eigenvalue weighted by atomic mass is 32.2. The molecule has 2 saturated heterocycles. The van der Waals surface area contributed by atoms with E-state index in [4.69, 9.17) is 27.8 Å². The molecule has 8 aromatic rings. The maximum absolute atomic E-state index is 14.0. The number of aryl methyl sites for hydroxylation is 2. The number of benzene rings is 4. The van der Waals surface area contributed by atoms with Gasteiger partial charge < -0.3 is 37.6 Å². The van der Waals surface area contributed by atoms with Gasteiger partial charge in [-0.25, -0.2) is 25.6 Å². The van der Waals surface area contributed by atoms with Crippen molar-refractivity contribution in [1.82, 2.24) is 39.3 Å². The van der Waals surface area contributed by atoms with Crippen molar-refractivity contribution in [3.63, 3.8) is 0 Å². The molecule has 2 aliphatic rings. The van der Waals surface area contributed by atoms with Crippen molar-refractivity contribution in [3.8, 4) is 57.5 Å². The summed E-state index contributed by atoms with van der Waals surface area (Å²) in [5.74, 6) is 1.89. The van der Waals surface area contributed by atoms with Crippen LogP contribution in [0.5, 0.6) is 23.0 Å². The molecule has 82 heavy (non-hydrogen) atoms. The summed E-state index contributed by atoms with van der Waals surface area (Å²) >= 11 is 0. The first-order valence-electron chi connectivity index (χ1n) is 26.1. The van der Waals surface area contributed by atoms with Gasteiger partial charge >= 0.3 is 0 Å². The van der Waals surface area contributed by atoms with Crippen molar-refractivity contribution < 1.29 is 63.0 Å². The summed E-state index contributed by atoms with van der Waals surface area (Å²) in [6, 6.07) is 29.3. The summed E-state index contributed by atoms with van der Waals surface area (Å²) in [5.41, 5.74) is 2.40. The second-order valence-electron chi connectivity index (χ2n) is 20.1. The fourth-order valence-corrected chi connectivity index (χ4v) is 13.9. The number of para-hydroxylation sites is 2. The van der Waals surface area contributed by atoms with Gasteiger partial charge in [0.1, 0.15) is 69.0 Å². The molecule has 0 spiro atoms. The van der Waals surface area contributed by atoms with Crippen molar-refractivity contribution in [2.75, 3.05) is 54.6 Å². The Kier molecular flexibility index (Phi) is 17.3. The number of sulfone groups is 2. The number of amides is 2. The lowest BCUT2D eigenvalue weighted by Gasteiger charge is -2.37. The number of carbonyl (C=O) groups is 2. The minimum atomic E-state index is -3.89. The summed E-state index contributed by atoms with van der Waals surface area (Å²) < 4.78 is 121. The van der Waals surface area contributed by atoms with Crippen LogP contribution in [0.4, 0.5) is 8.78 Å². The number of halogens is 2. The quantitative estimate of drug-likeness (QED) is 0.0880. The van der Waals surface area contributed by atoms with Gasteiger partial charge in [-0.2, -0.15) is 0 Å². The zero-order valence-corrected chi connectivity index (χ0v) is 48.0. The van der Waals surface area contributed by atoms with Gasteiger partial charge in [0.05, 0.1) is 38.9 Å². The lowest BCUT2D eigenvalue weighted by atomic mass is 9.90. The lowest BCUT2D eigenvalue weighted by Crippen LogP contribution is -2.47. The molecule has 0 bridgehead atoms. The van der Waals surface area contributed by atoms with Crippen LogP contribution >= 0.6 is 0 Å². The van der Waals surface area contributed by atoms with Crippen LogP contribution in [-0.4, -0.2) is 133 Å². The zero-order valence-electron chi connectivity index (χ0n) is 46.4. The molecule has 2 amide bonds. The normalized spacial score (nSPS) is 17.4. The molecule has 2 aliphatic heterocycles. The third-order valence-corrected chi connectivity index (χ3v) is 18.7. The number of ether oxygens (including phenoxy) is 4. The SMILES string of the molecule is COc1cccc(OC)c1-n1c(CS(=O)(=O)[C@@H]2C[C@@H](c3ccc(F)cc3)CN(C(C)=O)C2)nnc1-c1ccc(C)o1.COc1cccc(OC)c1-n1c(CS(=O)(=O)[C@H]2C[C@H](c3ccc(F)cc3)CN(C(C)=O)C2)nnc1-c1ccc(C)o1. The predicted octanol–water partition coefficient (Wildman–Crippen LogP) is 8.62. The van der Waals surface area contributed by atoms with Crippen LogP contribution in [0.3, 0.4) is 0 Å². The minimum absolute atomic E-state index is 0.0473. The Bertz CT molecular complexity index is 3530. The van der Waals surface area contributed by atoms with Gasteiger partial charge in [0.25, 0.3) is 0 Å². The average Bonchev–Trinajstić information content (AvgIpc) is 4.41. The van der Waals surface area contributed by atoms with Crippen molar-refractivity contribution in [1.29, 1.82) is 0 Å². The van der Waals surface area contributed by atoms with E-state index >= 15 is 0 Å². The molecule has 0 aliphatic carbocycles. The maximum atomic E-state index is 14.0. The first-order valence-corrected chi connectivity index (χ1v) is 29.5. The third-order valence-electron chi connectivity index (χ3n) is 14.7. The molecule has 0 saturated carbocycles. The Morgan fingerprint density at radius 3 is 1.15 bits per heavy atom. The van der Waals surface area contributed by atoms with E-state index in [1.807, 2.05) is 0 Å². The minimum Gasteiger partial charge on any atom is -0.494 e. The Morgan fingerprint density at radius 2 is 0.854 bits per heavy atom. The molecule has 2 fully saturated rings. The number of rotatable bonds is 16. The Morgan fingerprint density at radius 1 is 0.512 bits per heavy atom. The fraction of sp³-hybridized carbons (Fsp3) is 0.345. The van der Waals surface area contributed by atoms with E-state index in [1.54, 1.807) is 108 Å². The fourth-order valence-electron chi connectivity index (χ4n) is 10.5. The Hall–Kier alpha value is -8.38. The number of hydrogen-bond acceptors (Lipinski definition) is 16. The van der Waals surface area contributed by atoms with E-state index in [0.29, 0.717) is 70.5 Å². The highest BCUT2D eigenvalue weighted by molar-refractivity contribution is 7.91. The van der Waals surface area contributed by atoms with Crippen LogP contribution in [0, 0.1) is 25.5 Å². The molecule has 0 radical (unpaired) electrons. The summed E-state index contributed by atoms with van der Waals surface area (Å²) in [5, 5.41) is 15.4. The van der Waals surface area contributed by atoms with Gasteiger partial charge in [0.2, 0.25) is 23.5 Å². The highest BCUT2D eigenvalue weighted by Crippen LogP contribution is 2.41. The summed E-state index contributed by atoms with van der Waals surface area (Å²) in [4.78, 5) is 27.9. The number of aromatic nitrogens is 6. The number of furan rings is 2. The number of carbonyl (C=O) groups excluding carboxylic acids is 2. The molecule has 24 heteroatoms. The van der Waals surface area contributed by atoms with Gasteiger partial charge in [-0.05, 0) is 111 Å². The van der Waals surface area contributed by atoms with Crippen molar-refractivity contribution in [2.24, 2.45) is 0 Å². The summed E-state index contributed by atoms with van der Waals surface area (Å²) in [7, 11) is -1.76. The summed E-state index contributed by atoms with van der Waals surface area (Å²) in [6.45, 7) is 7.21. The molecule has 432 valence electrons. The molecule has 10 rings (SSSR count). The first-order chi connectivity index (χ1) is 39.2. The number of methoxy groups -OCH3 is 4. The van der Waals surface area contributed by atoms with Crippen molar-refractivity contribution in [2.45, 2.75) is 74.4 Å². The number of hydrogen-bond donors (Lipinski definition) is 0. The Balaban J connectivity index is 0.000000198. The average molecular weight is 1170 g/mol. The first kappa shape index (κ1) is 58.3. The molecule has 0 N–H and O–H groups in total. The Labute approximate surface area is 473 Å². The van der Waals surface area contributed by atoms with Crippen LogP contribution in [-0.2, 0) is 40.8 Å². The van der Waals surface area contributed by atoms with Crippen LogP contribution in [0.15, 0.2) is 118 Å². The van der Waals surface area contributed by atoms with Crippen LogP contribution in [0.2, 0.25) is 0 Å². The number of nitrogens with zero attached hydrogens (tertiary/aromatic N) is 8. The van der Waals surface area contributed by atoms with Gasteiger partial charge in [-0.15, -0.1) is 20.4 Å². The summed E-state index contributed by atoms with van der Waals surface area (Å²) in [6.07, 6.45) is 0.544. The second-order valence-corrected chi connectivity index (χ2v) is 24.6. The second kappa shape index (κ2) is 24.4. The van der Waals surface area contributed by atoms with Crippen LogP contribution in [0.1, 0.15) is 72.8 Å². The third kappa shape index (κ3) is 12.4. The van der Waals surface area contributed by atoms with Crippen LogP contribution in [0.25, 0.3) is 34.5 Å². The molecular formula is C58H62F2N8O12S2. The monoisotopic (exact) mass is 1160 g/mol. The maximum Gasteiger partial charge on any atom is 0.219 e. The van der Waals surface area contributed by atoms with E-state index in [1.165, 1.54) is 76.4 Å². The molecular weight excluding hydrogens is 1100 g/mol. The van der Waals surface area contributed by atoms with Gasteiger partial charge in [0, 0.05) is 51.9 Å². The van der Waals surface area contributed by atoms with Crippen LogP contribution < -0.4 is 18.9 Å². The molecule has 4 aromatic carbocycles. The number of piperidine rings is 2. The number of likely N-dealkylation sites (tertiary alicyclic amines) is 2. The van der Waals surface area contributed by atoms with E-state index in [9.17, 15) is 35.2 Å². The van der Waals surface area contributed by atoms with Crippen molar-refractivity contribution >= 4 is 31.5 Å². The molecule has 0 unspecified atom stereocenters. The van der Waals surface area contributed by atoms with Gasteiger partial charge in [-0.1, -0.05) is 36.4 Å². The predicted molar refractivity (Wildman–Crippen MR) is 299 cm³/mol. The van der Waals surface area contributed by atoms with E-state index in [0.717, 1.165) is 11.1 Å². The van der Waals surface area contributed by atoms with Crippen molar-refractivity contribution in [3.05, 3.63) is 155 Å². The van der Waals surface area contributed by atoms with Gasteiger partial charge in [-0.3, -0.25) is 18.7 Å². The molecule has 4 atom stereocenters. The molecule has 20 nitrogen and oxygen atoms in total. The highest BCUT2D eigenvalue weighted by Gasteiger charge is 2.41. The lowest BCUT2D eigenvalue weighted by molar-refractivity contribution is -0.130. The molecule has 4 aromatic heterocycles. The van der Waals surface area contributed by atoms with E-state index < -0.39 is 41.7 Å². The zero-order chi connectivity index (χ0) is 58.6. The smallest absolute Gasteiger partial charge is 0.219 e. The standard InChI is InChI=1S/2C29H31FN4O6S/c2*1-18-8-13-26(40-18)29-32-31-27(34(29)28-24(38-3)6-5-7-25(28)39-4)17-41(36,37)23-14-21(15-33(16-23)19(2)35)20-9-11-22(30)12-10-20/h2*5-13,21,23H,14-17H2,1-4H3/t2*21-,23-/m10/s1. The largest absolute Gasteiger partial charge is 0.494 e. The van der Waals surface area contributed by atoms with E-state index in [2.05, 4.69) is 20.4 Å². The van der Waals surface area contributed by atoms with Gasteiger partial charge in [0.15, 0.2) is 42.8 Å². The molecule has 6 heterocycles. The topological polar surface area (TPSA) is 234 Å². The van der Waals surface area contributed by atoms with E-state index in [-0.39, 0.29) is 84.5 Å².